The first-order valence-electron chi connectivity index (χ1n) is 6.07. The maximum absolute atomic E-state index is 12.0. The Hall–Kier alpha value is -2.07. The normalized spacial score (nSPS) is 12.4. The summed E-state index contributed by atoms with van der Waals surface area (Å²) in [5.74, 6) is 0.535. The van der Waals surface area contributed by atoms with Gasteiger partial charge in [-0.1, -0.05) is 30.3 Å². The quantitative estimate of drug-likeness (QED) is 0.774. The van der Waals surface area contributed by atoms with Crippen LogP contribution in [-0.2, 0) is 16.1 Å². The number of furan rings is 1. The van der Waals surface area contributed by atoms with Crippen LogP contribution >= 0.6 is 0 Å². The highest BCUT2D eigenvalue weighted by molar-refractivity contribution is 5.77. The number of hydrogen-bond donors (Lipinski definition) is 0. The standard InChI is InChI=1S/C15H17NO3/c1-16(11-13-9-6-10-19-13)14(15(17)18-2)12-7-4-3-5-8-12/h3-10,14H,11H2,1-2H3/t14-/m0/s1. The predicted octanol–water partition coefficient (Wildman–Crippen LogP) is 2.63. The topological polar surface area (TPSA) is 42.7 Å². The molecule has 1 aromatic heterocycles. The van der Waals surface area contributed by atoms with Crippen molar-refractivity contribution in [1.82, 2.24) is 4.90 Å². The van der Waals surface area contributed by atoms with Crippen LogP contribution < -0.4 is 0 Å². The summed E-state index contributed by atoms with van der Waals surface area (Å²) in [5.41, 5.74) is 0.906. The Labute approximate surface area is 112 Å². The molecule has 1 atom stereocenters. The Morgan fingerprint density at radius 1 is 1.26 bits per heavy atom. The van der Waals surface area contributed by atoms with Crippen molar-refractivity contribution < 1.29 is 13.9 Å². The summed E-state index contributed by atoms with van der Waals surface area (Å²) in [4.78, 5) is 13.9. The zero-order valence-corrected chi connectivity index (χ0v) is 11.1. The summed E-state index contributed by atoms with van der Waals surface area (Å²) in [7, 11) is 3.27. The van der Waals surface area contributed by atoms with Crippen molar-refractivity contribution in [1.29, 1.82) is 0 Å². The van der Waals surface area contributed by atoms with E-state index >= 15 is 0 Å². The SMILES string of the molecule is COC(=O)[C@H](c1ccccc1)N(C)Cc1ccco1. The van der Waals surface area contributed by atoms with Gasteiger partial charge in [-0.2, -0.15) is 0 Å². The van der Waals surface area contributed by atoms with Gasteiger partial charge in [0.1, 0.15) is 11.8 Å². The van der Waals surface area contributed by atoms with Crippen molar-refractivity contribution in [3.05, 3.63) is 60.1 Å². The summed E-state index contributed by atoms with van der Waals surface area (Å²) in [5, 5.41) is 0. The van der Waals surface area contributed by atoms with E-state index in [0.29, 0.717) is 6.54 Å². The fourth-order valence-electron chi connectivity index (χ4n) is 2.06. The average Bonchev–Trinajstić information content (AvgIpc) is 2.93. The third-order valence-corrected chi connectivity index (χ3v) is 2.97. The van der Waals surface area contributed by atoms with E-state index in [-0.39, 0.29) is 5.97 Å². The molecule has 0 saturated carbocycles. The predicted molar refractivity (Wildman–Crippen MR) is 71.4 cm³/mol. The molecule has 0 aliphatic carbocycles. The van der Waals surface area contributed by atoms with Gasteiger partial charge in [0.15, 0.2) is 0 Å². The highest BCUT2D eigenvalue weighted by atomic mass is 16.5. The molecule has 2 aromatic rings. The molecule has 4 heteroatoms. The monoisotopic (exact) mass is 259 g/mol. The summed E-state index contributed by atoms with van der Waals surface area (Å²) in [6, 6.07) is 12.9. The van der Waals surface area contributed by atoms with E-state index in [9.17, 15) is 4.79 Å². The number of ether oxygens (including phenoxy) is 1. The minimum Gasteiger partial charge on any atom is -0.468 e. The summed E-state index contributed by atoms with van der Waals surface area (Å²) >= 11 is 0. The fourth-order valence-corrected chi connectivity index (χ4v) is 2.06. The van der Waals surface area contributed by atoms with Gasteiger partial charge in [0.25, 0.3) is 0 Å². The van der Waals surface area contributed by atoms with Crippen molar-refractivity contribution in [2.45, 2.75) is 12.6 Å². The smallest absolute Gasteiger partial charge is 0.327 e. The molecule has 100 valence electrons. The molecule has 0 aliphatic heterocycles. The minimum atomic E-state index is -0.434. The molecule has 0 bridgehead atoms. The number of hydrogen-bond acceptors (Lipinski definition) is 4. The van der Waals surface area contributed by atoms with Crippen LogP contribution in [0.25, 0.3) is 0 Å². The summed E-state index contributed by atoms with van der Waals surface area (Å²) in [6.45, 7) is 0.543. The zero-order chi connectivity index (χ0) is 13.7. The van der Waals surface area contributed by atoms with Gasteiger partial charge >= 0.3 is 5.97 Å². The molecule has 1 aromatic carbocycles. The Bertz CT molecular complexity index is 507. The number of benzene rings is 1. The molecule has 0 N–H and O–H groups in total. The van der Waals surface area contributed by atoms with Crippen molar-refractivity contribution in [3.63, 3.8) is 0 Å². The molecule has 0 fully saturated rings. The summed E-state index contributed by atoms with van der Waals surface area (Å²) in [6.07, 6.45) is 1.62. The van der Waals surface area contributed by atoms with Gasteiger partial charge in [-0.3, -0.25) is 4.90 Å². The van der Waals surface area contributed by atoms with Crippen LogP contribution in [0.1, 0.15) is 17.4 Å². The molecule has 4 nitrogen and oxygen atoms in total. The van der Waals surface area contributed by atoms with Crippen molar-refractivity contribution in [2.75, 3.05) is 14.2 Å². The van der Waals surface area contributed by atoms with E-state index in [2.05, 4.69) is 0 Å². The zero-order valence-electron chi connectivity index (χ0n) is 11.1. The highest BCUT2D eigenvalue weighted by Crippen LogP contribution is 2.22. The molecular weight excluding hydrogens is 242 g/mol. The molecule has 0 radical (unpaired) electrons. The first-order chi connectivity index (χ1) is 9.22. The van der Waals surface area contributed by atoms with Crippen molar-refractivity contribution in [2.24, 2.45) is 0 Å². The van der Waals surface area contributed by atoms with Crippen LogP contribution in [0.2, 0.25) is 0 Å². The van der Waals surface area contributed by atoms with Crippen molar-refractivity contribution in [3.8, 4) is 0 Å². The number of nitrogens with zero attached hydrogens (tertiary/aromatic N) is 1. The molecule has 2 rings (SSSR count). The van der Waals surface area contributed by atoms with Crippen LogP contribution in [0.4, 0.5) is 0 Å². The Kier molecular flexibility index (Phi) is 4.36. The molecule has 0 spiro atoms. The van der Waals surface area contributed by atoms with Crippen LogP contribution in [0.5, 0.6) is 0 Å². The molecule has 19 heavy (non-hydrogen) atoms. The lowest BCUT2D eigenvalue weighted by Gasteiger charge is -2.25. The van der Waals surface area contributed by atoms with E-state index in [1.165, 1.54) is 7.11 Å². The second kappa shape index (κ2) is 6.20. The molecule has 0 amide bonds. The molecule has 0 unspecified atom stereocenters. The van der Waals surface area contributed by atoms with Gasteiger partial charge in [0.05, 0.1) is 19.9 Å². The highest BCUT2D eigenvalue weighted by Gasteiger charge is 2.26. The van der Waals surface area contributed by atoms with E-state index in [1.54, 1.807) is 6.26 Å². The Morgan fingerprint density at radius 3 is 2.58 bits per heavy atom. The number of carbonyl (C=O) groups is 1. The number of carbonyl (C=O) groups excluding carboxylic acids is 1. The fraction of sp³-hybridized carbons (Fsp3) is 0.267. The third kappa shape index (κ3) is 3.23. The maximum Gasteiger partial charge on any atom is 0.327 e. The lowest BCUT2D eigenvalue weighted by molar-refractivity contribution is -0.147. The van der Waals surface area contributed by atoms with Gasteiger partial charge < -0.3 is 9.15 Å². The maximum atomic E-state index is 12.0. The minimum absolute atomic E-state index is 0.278. The van der Waals surface area contributed by atoms with Gasteiger partial charge in [0, 0.05) is 0 Å². The van der Waals surface area contributed by atoms with Gasteiger partial charge in [-0.05, 0) is 24.7 Å². The molecule has 0 saturated heterocycles. The van der Waals surface area contributed by atoms with E-state index in [0.717, 1.165) is 11.3 Å². The van der Waals surface area contributed by atoms with Crippen LogP contribution in [0.15, 0.2) is 53.1 Å². The Morgan fingerprint density at radius 2 is 2.00 bits per heavy atom. The number of esters is 1. The van der Waals surface area contributed by atoms with Crippen LogP contribution in [-0.4, -0.2) is 25.0 Å². The van der Waals surface area contributed by atoms with Gasteiger partial charge in [-0.15, -0.1) is 0 Å². The van der Waals surface area contributed by atoms with E-state index < -0.39 is 6.04 Å². The molecule has 0 aliphatic rings. The second-order valence-corrected chi connectivity index (χ2v) is 4.33. The Balaban J connectivity index is 2.20. The largest absolute Gasteiger partial charge is 0.468 e. The first kappa shape index (κ1) is 13.4. The average molecular weight is 259 g/mol. The van der Waals surface area contributed by atoms with Crippen LogP contribution in [0, 0.1) is 0 Å². The van der Waals surface area contributed by atoms with Crippen molar-refractivity contribution >= 4 is 5.97 Å². The lowest BCUT2D eigenvalue weighted by Crippen LogP contribution is -2.31. The molecular formula is C15H17NO3. The third-order valence-electron chi connectivity index (χ3n) is 2.97. The van der Waals surface area contributed by atoms with Crippen LogP contribution in [0.3, 0.4) is 0 Å². The van der Waals surface area contributed by atoms with Gasteiger partial charge in [0.2, 0.25) is 0 Å². The number of methoxy groups -OCH3 is 1. The number of likely N-dealkylation sites (N-methyl/N-ethyl adjacent to an activating group) is 1. The van der Waals surface area contributed by atoms with Gasteiger partial charge in [-0.25, -0.2) is 4.79 Å². The van der Waals surface area contributed by atoms with E-state index in [1.807, 2.05) is 54.4 Å². The molecule has 1 heterocycles. The second-order valence-electron chi connectivity index (χ2n) is 4.33. The lowest BCUT2D eigenvalue weighted by atomic mass is 10.1. The van der Waals surface area contributed by atoms with E-state index in [4.69, 9.17) is 9.15 Å². The first-order valence-corrected chi connectivity index (χ1v) is 6.07. The number of rotatable bonds is 5. The summed E-state index contributed by atoms with van der Waals surface area (Å²) < 4.78 is 10.2.